The van der Waals surface area contributed by atoms with Crippen molar-refractivity contribution >= 4 is 28.8 Å². The number of ether oxygens (including phenoxy) is 2. The van der Waals surface area contributed by atoms with Crippen molar-refractivity contribution < 1.29 is 14.3 Å². The SMILES string of the molecule is CCOCCCn1c(SCc2c(C)cc(C)cc2C)nc2cc(C(=O)OCC)ccc21. The lowest BCUT2D eigenvalue weighted by Crippen LogP contribution is -2.05. The number of esters is 1. The molecular formula is C25H32N2O3S. The van der Waals surface area contributed by atoms with Crippen molar-refractivity contribution in [2.24, 2.45) is 0 Å². The third-order valence-corrected chi connectivity index (χ3v) is 6.29. The van der Waals surface area contributed by atoms with Crippen LogP contribution in [0.4, 0.5) is 0 Å². The number of rotatable bonds is 10. The van der Waals surface area contributed by atoms with E-state index in [0.29, 0.717) is 12.2 Å². The van der Waals surface area contributed by atoms with Crippen molar-refractivity contribution in [1.82, 2.24) is 9.55 Å². The Bertz CT molecular complexity index is 1040. The van der Waals surface area contributed by atoms with E-state index in [0.717, 1.165) is 48.1 Å². The van der Waals surface area contributed by atoms with Crippen LogP contribution in [0.15, 0.2) is 35.5 Å². The maximum Gasteiger partial charge on any atom is 0.338 e. The van der Waals surface area contributed by atoms with Gasteiger partial charge in [0.25, 0.3) is 0 Å². The molecule has 0 aliphatic carbocycles. The lowest BCUT2D eigenvalue weighted by Gasteiger charge is -2.12. The predicted octanol–water partition coefficient (Wildman–Crippen LogP) is 5.86. The van der Waals surface area contributed by atoms with E-state index in [1.54, 1.807) is 11.8 Å². The number of imidazole rings is 1. The number of benzene rings is 2. The summed E-state index contributed by atoms with van der Waals surface area (Å²) in [5, 5.41) is 0.965. The summed E-state index contributed by atoms with van der Waals surface area (Å²) in [6.45, 7) is 12.9. The molecule has 3 aromatic rings. The zero-order chi connectivity index (χ0) is 22.4. The first-order chi connectivity index (χ1) is 14.9. The van der Waals surface area contributed by atoms with Crippen LogP contribution < -0.4 is 0 Å². The molecule has 0 atom stereocenters. The molecule has 1 aromatic heterocycles. The first-order valence-corrected chi connectivity index (χ1v) is 11.9. The smallest absolute Gasteiger partial charge is 0.338 e. The Labute approximate surface area is 189 Å². The molecule has 5 nitrogen and oxygen atoms in total. The van der Waals surface area contributed by atoms with Gasteiger partial charge in [-0.05, 0) is 75.9 Å². The molecule has 0 aliphatic rings. The molecule has 0 saturated heterocycles. The zero-order valence-corrected chi connectivity index (χ0v) is 20.0. The molecule has 0 radical (unpaired) electrons. The lowest BCUT2D eigenvalue weighted by molar-refractivity contribution is 0.0526. The highest BCUT2D eigenvalue weighted by atomic mass is 32.2. The number of thioether (sulfide) groups is 1. The van der Waals surface area contributed by atoms with Crippen LogP contribution >= 0.6 is 11.8 Å². The van der Waals surface area contributed by atoms with E-state index in [2.05, 4.69) is 37.5 Å². The molecule has 0 unspecified atom stereocenters. The van der Waals surface area contributed by atoms with Gasteiger partial charge in [0.1, 0.15) is 0 Å². The third-order valence-electron chi connectivity index (χ3n) is 5.28. The fourth-order valence-corrected chi connectivity index (χ4v) is 5.06. The second kappa shape index (κ2) is 10.8. The molecule has 0 bridgehead atoms. The van der Waals surface area contributed by atoms with Crippen molar-refractivity contribution in [1.29, 1.82) is 0 Å². The number of hydrogen-bond donors (Lipinski definition) is 0. The third kappa shape index (κ3) is 5.69. The van der Waals surface area contributed by atoms with E-state index in [9.17, 15) is 4.79 Å². The fraction of sp³-hybridized carbons (Fsp3) is 0.440. The number of carbonyl (C=O) groups excluding carboxylic acids is 1. The summed E-state index contributed by atoms with van der Waals surface area (Å²) in [6.07, 6.45) is 0.912. The van der Waals surface area contributed by atoms with Crippen LogP contribution in [0, 0.1) is 20.8 Å². The van der Waals surface area contributed by atoms with E-state index < -0.39 is 0 Å². The standard InChI is InChI=1S/C25H32N2O3S/c1-6-29-12-8-11-27-23-10-9-20(24(28)30-7-2)15-22(23)26-25(27)31-16-21-18(4)13-17(3)14-19(21)5/h9-10,13-15H,6-8,11-12,16H2,1-5H3. The van der Waals surface area contributed by atoms with Gasteiger partial charge in [-0.25, -0.2) is 9.78 Å². The molecule has 166 valence electrons. The second-order valence-corrected chi connectivity index (χ2v) is 8.63. The van der Waals surface area contributed by atoms with E-state index in [4.69, 9.17) is 14.5 Å². The van der Waals surface area contributed by atoms with Gasteiger partial charge in [0.2, 0.25) is 0 Å². The molecule has 0 fully saturated rings. The Morgan fingerprint density at radius 1 is 1.06 bits per heavy atom. The van der Waals surface area contributed by atoms with Crippen molar-refractivity contribution in [3.05, 3.63) is 58.1 Å². The highest BCUT2D eigenvalue weighted by molar-refractivity contribution is 7.98. The molecule has 6 heteroatoms. The van der Waals surface area contributed by atoms with Gasteiger partial charge in [0.15, 0.2) is 5.16 Å². The van der Waals surface area contributed by atoms with Crippen LogP contribution in [0.3, 0.4) is 0 Å². The Hall–Kier alpha value is -2.31. The average Bonchev–Trinajstić information content (AvgIpc) is 3.07. The summed E-state index contributed by atoms with van der Waals surface area (Å²) in [5.74, 6) is 0.549. The van der Waals surface area contributed by atoms with Gasteiger partial charge >= 0.3 is 5.97 Å². The molecule has 0 saturated carbocycles. The van der Waals surface area contributed by atoms with E-state index in [1.165, 1.54) is 22.3 Å². The van der Waals surface area contributed by atoms with Crippen molar-refractivity contribution in [3.63, 3.8) is 0 Å². The van der Waals surface area contributed by atoms with Crippen LogP contribution in [0.25, 0.3) is 11.0 Å². The van der Waals surface area contributed by atoms with Crippen LogP contribution in [-0.4, -0.2) is 35.3 Å². The number of aryl methyl sites for hydroxylation is 4. The number of aromatic nitrogens is 2. The summed E-state index contributed by atoms with van der Waals surface area (Å²) in [6, 6.07) is 10.1. The minimum absolute atomic E-state index is 0.310. The average molecular weight is 441 g/mol. The number of nitrogens with zero attached hydrogens (tertiary/aromatic N) is 2. The maximum atomic E-state index is 12.2. The predicted molar refractivity (Wildman–Crippen MR) is 127 cm³/mol. The summed E-state index contributed by atoms with van der Waals surface area (Å²) in [5.41, 5.74) is 7.66. The molecule has 1 heterocycles. The van der Waals surface area contributed by atoms with E-state index in [1.807, 2.05) is 32.0 Å². The van der Waals surface area contributed by atoms with Crippen molar-refractivity contribution in [3.8, 4) is 0 Å². The summed E-state index contributed by atoms with van der Waals surface area (Å²) in [4.78, 5) is 17.0. The molecule has 0 amide bonds. The number of hydrogen-bond acceptors (Lipinski definition) is 5. The van der Waals surface area contributed by atoms with Gasteiger partial charge in [-0.15, -0.1) is 0 Å². The topological polar surface area (TPSA) is 53.4 Å². The zero-order valence-electron chi connectivity index (χ0n) is 19.2. The van der Waals surface area contributed by atoms with Crippen LogP contribution in [0.1, 0.15) is 52.9 Å². The number of fused-ring (bicyclic) bond motifs is 1. The molecule has 0 aliphatic heterocycles. The van der Waals surface area contributed by atoms with Gasteiger partial charge in [0.05, 0.1) is 23.2 Å². The first-order valence-electron chi connectivity index (χ1n) is 10.9. The Morgan fingerprint density at radius 3 is 2.48 bits per heavy atom. The lowest BCUT2D eigenvalue weighted by atomic mass is 10.0. The Morgan fingerprint density at radius 2 is 1.81 bits per heavy atom. The van der Waals surface area contributed by atoms with Gasteiger partial charge in [0, 0.05) is 25.5 Å². The molecular weight excluding hydrogens is 408 g/mol. The Kier molecular flexibility index (Phi) is 8.15. The molecule has 0 N–H and O–H groups in total. The second-order valence-electron chi connectivity index (χ2n) is 7.69. The summed E-state index contributed by atoms with van der Waals surface area (Å²) in [7, 11) is 0. The van der Waals surface area contributed by atoms with Crippen LogP contribution in [0.2, 0.25) is 0 Å². The minimum atomic E-state index is -0.310. The number of carbonyl (C=O) groups is 1. The molecule has 31 heavy (non-hydrogen) atoms. The summed E-state index contributed by atoms with van der Waals surface area (Å²) >= 11 is 1.74. The van der Waals surface area contributed by atoms with E-state index >= 15 is 0 Å². The first kappa shape index (κ1) is 23.4. The summed E-state index contributed by atoms with van der Waals surface area (Å²) < 4.78 is 12.9. The molecule has 2 aromatic carbocycles. The minimum Gasteiger partial charge on any atom is -0.462 e. The Balaban J connectivity index is 1.90. The van der Waals surface area contributed by atoms with Crippen molar-refractivity contribution in [2.45, 2.75) is 58.5 Å². The van der Waals surface area contributed by atoms with Gasteiger partial charge in [-0.3, -0.25) is 0 Å². The highest BCUT2D eigenvalue weighted by Gasteiger charge is 2.15. The monoisotopic (exact) mass is 440 g/mol. The van der Waals surface area contributed by atoms with Crippen LogP contribution in [0.5, 0.6) is 0 Å². The fourth-order valence-electron chi connectivity index (χ4n) is 3.82. The van der Waals surface area contributed by atoms with Gasteiger partial charge < -0.3 is 14.0 Å². The quantitative estimate of drug-likeness (QED) is 0.225. The highest BCUT2D eigenvalue weighted by Crippen LogP contribution is 2.30. The van der Waals surface area contributed by atoms with E-state index in [-0.39, 0.29) is 5.97 Å². The van der Waals surface area contributed by atoms with Crippen LogP contribution in [-0.2, 0) is 21.8 Å². The molecule has 3 rings (SSSR count). The van der Waals surface area contributed by atoms with Gasteiger partial charge in [-0.2, -0.15) is 0 Å². The normalized spacial score (nSPS) is 11.3. The maximum absolute atomic E-state index is 12.2. The van der Waals surface area contributed by atoms with Gasteiger partial charge in [-0.1, -0.05) is 29.5 Å². The largest absolute Gasteiger partial charge is 0.462 e. The van der Waals surface area contributed by atoms with Crippen molar-refractivity contribution in [2.75, 3.05) is 19.8 Å². The molecule has 0 spiro atoms.